The first-order chi connectivity index (χ1) is 8.63. The van der Waals surface area contributed by atoms with Gasteiger partial charge in [0.15, 0.2) is 0 Å². The Kier molecular flexibility index (Phi) is 4.40. The lowest BCUT2D eigenvalue weighted by Crippen LogP contribution is -2.46. The maximum Gasteiger partial charge on any atom is 0.237 e. The molecule has 1 aliphatic carbocycles. The zero-order valence-electron chi connectivity index (χ0n) is 11.1. The molecule has 1 amide bonds. The predicted molar refractivity (Wildman–Crippen MR) is 75.6 cm³/mol. The Labute approximate surface area is 113 Å². The van der Waals surface area contributed by atoms with Crippen molar-refractivity contribution in [3.05, 3.63) is 21.9 Å². The normalized spacial score (nSPS) is 22.1. The fourth-order valence-corrected chi connectivity index (χ4v) is 3.40. The van der Waals surface area contributed by atoms with Crippen LogP contribution in [0.1, 0.15) is 49.6 Å². The second-order valence-corrected chi connectivity index (χ2v) is 6.16. The van der Waals surface area contributed by atoms with Crippen molar-refractivity contribution in [3.63, 3.8) is 0 Å². The van der Waals surface area contributed by atoms with Crippen LogP contribution >= 0.6 is 11.3 Å². The molecule has 2 rings (SSSR count). The van der Waals surface area contributed by atoms with Crippen molar-refractivity contribution in [3.8, 4) is 0 Å². The molecular weight excluding hydrogens is 244 g/mol. The number of hydrogen-bond acceptors (Lipinski definition) is 3. The Morgan fingerprint density at radius 2 is 2.44 bits per heavy atom. The highest BCUT2D eigenvalue weighted by Crippen LogP contribution is 2.33. The maximum absolute atomic E-state index is 12.1. The van der Waals surface area contributed by atoms with Crippen LogP contribution in [-0.4, -0.2) is 11.9 Å². The van der Waals surface area contributed by atoms with Gasteiger partial charge >= 0.3 is 0 Å². The summed E-state index contributed by atoms with van der Waals surface area (Å²) in [5.41, 5.74) is 7.28. The zero-order valence-corrected chi connectivity index (χ0v) is 11.9. The fourth-order valence-electron chi connectivity index (χ4n) is 2.42. The standard InChI is InChI=1S/C14H22N2OS/c1-3-9(2)13(15)14(17)16-11-5-4-6-12-10(11)7-8-18-12/h7-9,11,13H,3-6,15H2,1-2H3,(H,16,17). The first-order valence-electron chi connectivity index (χ1n) is 6.75. The summed E-state index contributed by atoms with van der Waals surface area (Å²) >= 11 is 1.79. The van der Waals surface area contributed by atoms with Crippen LogP contribution in [0.15, 0.2) is 11.4 Å². The van der Waals surface area contributed by atoms with Crippen molar-refractivity contribution >= 4 is 17.2 Å². The van der Waals surface area contributed by atoms with Gasteiger partial charge < -0.3 is 11.1 Å². The highest BCUT2D eigenvalue weighted by Gasteiger charge is 2.26. The molecule has 0 aromatic carbocycles. The molecule has 1 aromatic rings. The number of nitrogens with two attached hydrogens (primary N) is 1. The van der Waals surface area contributed by atoms with Crippen molar-refractivity contribution in [2.45, 2.75) is 51.6 Å². The smallest absolute Gasteiger partial charge is 0.237 e. The summed E-state index contributed by atoms with van der Waals surface area (Å²) in [6.45, 7) is 4.09. The highest BCUT2D eigenvalue weighted by atomic mass is 32.1. The van der Waals surface area contributed by atoms with E-state index >= 15 is 0 Å². The van der Waals surface area contributed by atoms with E-state index in [1.54, 1.807) is 11.3 Å². The third-order valence-electron chi connectivity index (χ3n) is 3.93. The molecular formula is C14H22N2OS. The Morgan fingerprint density at radius 1 is 1.67 bits per heavy atom. The molecule has 0 bridgehead atoms. The highest BCUT2D eigenvalue weighted by molar-refractivity contribution is 7.10. The van der Waals surface area contributed by atoms with Crippen molar-refractivity contribution in [2.24, 2.45) is 11.7 Å². The molecule has 0 radical (unpaired) electrons. The topological polar surface area (TPSA) is 55.1 Å². The molecule has 18 heavy (non-hydrogen) atoms. The first-order valence-corrected chi connectivity index (χ1v) is 7.63. The molecule has 0 saturated heterocycles. The lowest BCUT2D eigenvalue weighted by Gasteiger charge is -2.26. The third kappa shape index (κ3) is 2.75. The lowest BCUT2D eigenvalue weighted by atomic mass is 9.93. The van der Waals surface area contributed by atoms with Crippen LogP contribution in [0.2, 0.25) is 0 Å². The summed E-state index contributed by atoms with van der Waals surface area (Å²) in [6, 6.07) is 1.92. The van der Waals surface area contributed by atoms with Crippen LogP contribution in [0.4, 0.5) is 0 Å². The van der Waals surface area contributed by atoms with E-state index in [4.69, 9.17) is 5.73 Å². The zero-order chi connectivity index (χ0) is 13.1. The van der Waals surface area contributed by atoms with Gasteiger partial charge in [-0.15, -0.1) is 11.3 Å². The SMILES string of the molecule is CCC(C)C(N)C(=O)NC1CCCc2sccc21. The van der Waals surface area contributed by atoms with Gasteiger partial charge in [-0.2, -0.15) is 0 Å². The number of aryl methyl sites for hydroxylation is 1. The molecule has 3 nitrogen and oxygen atoms in total. The summed E-state index contributed by atoms with van der Waals surface area (Å²) in [5, 5.41) is 5.23. The van der Waals surface area contributed by atoms with Gasteiger partial charge in [-0.25, -0.2) is 0 Å². The molecule has 3 atom stereocenters. The molecule has 0 saturated carbocycles. The quantitative estimate of drug-likeness (QED) is 0.880. The van der Waals surface area contributed by atoms with E-state index in [-0.39, 0.29) is 23.9 Å². The maximum atomic E-state index is 12.1. The van der Waals surface area contributed by atoms with Crippen LogP contribution in [0, 0.1) is 5.92 Å². The van der Waals surface area contributed by atoms with Crippen molar-refractivity contribution < 1.29 is 4.79 Å². The second-order valence-electron chi connectivity index (χ2n) is 5.16. The van der Waals surface area contributed by atoms with Gasteiger partial charge in [0.2, 0.25) is 5.91 Å². The fraction of sp³-hybridized carbons (Fsp3) is 0.643. The minimum absolute atomic E-state index is 0.00611. The number of hydrogen-bond donors (Lipinski definition) is 2. The Morgan fingerprint density at radius 3 is 3.17 bits per heavy atom. The number of thiophene rings is 1. The van der Waals surface area contributed by atoms with Crippen LogP contribution in [0.25, 0.3) is 0 Å². The monoisotopic (exact) mass is 266 g/mol. The number of rotatable bonds is 4. The number of nitrogens with one attached hydrogen (secondary N) is 1. The molecule has 0 spiro atoms. The van der Waals surface area contributed by atoms with E-state index in [2.05, 4.69) is 23.7 Å². The van der Waals surface area contributed by atoms with Crippen LogP contribution in [0.5, 0.6) is 0 Å². The van der Waals surface area contributed by atoms with E-state index in [1.807, 2.05) is 6.92 Å². The Hall–Kier alpha value is -0.870. The summed E-state index contributed by atoms with van der Waals surface area (Å²) in [5.74, 6) is 0.226. The minimum atomic E-state index is -0.390. The van der Waals surface area contributed by atoms with Gasteiger partial charge in [0.25, 0.3) is 0 Å². The molecule has 1 aromatic heterocycles. The van der Waals surface area contributed by atoms with Gasteiger partial charge in [0.05, 0.1) is 12.1 Å². The summed E-state index contributed by atoms with van der Waals surface area (Å²) in [6.07, 6.45) is 4.26. The van der Waals surface area contributed by atoms with Crippen molar-refractivity contribution in [2.75, 3.05) is 0 Å². The molecule has 100 valence electrons. The molecule has 3 unspecified atom stereocenters. The van der Waals surface area contributed by atoms with Crippen molar-refractivity contribution in [1.82, 2.24) is 5.32 Å². The largest absolute Gasteiger partial charge is 0.348 e. The van der Waals surface area contributed by atoms with Gasteiger partial charge in [-0.3, -0.25) is 4.79 Å². The average Bonchev–Trinajstić information content (AvgIpc) is 2.86. The van der Waals surface area contributed by atoms with Crippen LogP contribution < -0.4 is 11.1 Å². The second kappa shape index (κ2) is 5.85. The Bertz CT molecular complexity index is 416. The van der Waals surface area contributed by atoms with E-state index in [1.165, 1.54) is 10.4 Å². The number of amides is 1. The van der Waals surface area contributed by atoms with Crippen LogP contribution in [-0.2, 0) is 11.2 Å². The molecule has 3 N–H and O–H groups in total. The van der Waals surface area contributed by atoms with E-state index in [0.29, 0.717) is 0 Å². The predicted octanol–water partition coefficient (Wildman–Crippen LogP) is 2.62. The van der Waals surface area contributed by atoms with Gasteiger partial charge in [0, 0.05) is 4.88 Å². The number of carbonyl (C=O) groups is 1. The van der Waals surface area contributed by atoms with E-state index in [9.17, 15) is 4.79 Å². The van der Waals surface area contributed by atoms with Crippen molar-refractivity contribution in [1.29, 1.82) is 0 Å². The van der Waals surface area contributed by atoms with E-state index < -0.39 is 0 Å². The van der Waals surface area contributed by atoms with Gasteiger partial charge in [-0.1, -0.05) is 20.3 Å². The third-order valence-corrected chi connectivity index (χ3v) is 4.92. The first kappa shape index (κ1) is 13.6. The molecule has 1 heterocycles. The van der Waals surface area contributed by atoms with Crippen LogP contribution in [0.3, 0.4) is 0 Å². The summed E-state index contributed by atoms with van der Waals surface area (Å²) < 4.78 is 0. The minimum Gasteiger partial charge on any atom is -0.348 e. The van der Waals surface area contributed by atoms with Gasteiger partial charge in [0.1, 0.15) is 0 Å². The molecule has 0 aliphatic heterocycles. The molecule has 4 heteroatoms. The number of fused-ring (bicyclic) bond motifs is 1. The average molecular weight is 266 g/mol. The molecule has 0 fully saturated rings. The molecule has 1 aliphatic rings. The lowest BCUT2D eigenvalue weighted by molar-refractivity contribution is -0.124. The van der Waals surface area contributed by atoms with E-state index in [0.717, 1.165) is 25.7 Å². The van der Waals surface area contributed by atoms with Gasteiger partial charge in [-0.05, 0) is 42.2 Å². The summed E-state index contributed by atoms with van der Waals surface area (Å²) in [7, 11) is 0. The summed E-state index contributed by atoms with van der Waals surface area (Å²) in [4.78, 5) is 13.5. The Balaban J connectivity index is 2.01. The number of carbonyl (C=O) groups excluding carboxylic acids is 1.